The smallest absolute Gasteiger partial charge is 0.224 e. The molecule has 0 bridgehead atoms. The molecule has 0 fully saturated rings. The number of aliphatic hydroxyl groups is 1. The van der Waals surface area contributed by atoms with Gasteiger partial charge in [0.1, 0.15) is 16.7 Å². The third-order valence-electron chi connectivity index (χ3n) is 2.75. The van der Waals surface area contributed by atoms with E-state index in [2.05, 4.69) is 9.97 Å². The number of aromatic nitrogens is 2. The third kappa shape index (κ3) is 3.92. The Morgan fingerprint density at radius 2 is 1.90 bits per heavy atom. The molecular weight excluding hydrogens is 276 g/mol. The van der Waals surface area contributed by atoms with E-state index in [9.17, 15) is 0 Å². The predicted molar refractivity (Wildman–Crippen MR) is 78.4 cm³/mol. The summed E-state index contributed by atoms with van der Waals surface area (Å²) in [7, 11) is 0. The molecule has 1 aromatic heterocycles. The van der Waals surface area contributed by atoms with Crippen molar-refractivity contribution in [2.24, 2.45) is 0 Å². The Morgan fingerprint density at radius 1 is 1.20 bits per heavy atom. The molecule has 0 saturated heterocycles. The normalized spacial score (nSPS) is 10.8. The summed E-state index contributed by atoms with van der Waals surface area (Å²) < 4.78 is 5.69. The number of benzene rings is 1. The van der Waals surface area contributed by atoms with Gasteiger partial charge in [-0.15, -0.1) is 0 Å². The van der Waals surface area contributed by atoms with Crippen molar-refractivity contribution in [2.75, 3.05) is 6.61 Å². The van der Waals surface area contributed by atoms with Gasteiger partial charge in [-0.05, 0) is 24.1 Å². The van der Waals surface area contributed by atoms with Gasteiger partial charge < -0.3 is 9.84 Å². The molecule has 0 amide bonds. The van der Waals surface area contributed by atoms with Gasteiger partial charge in [0.05, 0.1) is 0 Å². The maximum absolute atomic E-state index is 8.87. The molecule has 0 saturated carbocycles. The topological polar surface area (TPSA) is 55.2 Å². The van der Waals surface area contributed by atoms with E-state index in [1.54, 1.807) is 6.07 Å². The van der Waals surface area contributed by atoms with Crippen LogP contribution in [0.15, 0.2) is 30.3 Å². The average molecular weight is 293 g/mol. The molecule has 0 atom stereocenters. The number of hydrogen-bond acceptors (Lipinski definition) is 4. The van der Waals surface area contributed by atoms with Crippen molar-refractivity contribution in [3.8, 4) is 11.6 Å². The third-order valence-corrected chi connectivity index (χ3v) is 2.94. The van der Waals surface area contributed by atoms with Crippen LogP contribution < -0.4 is 4.74 Å². The molecule has 0 radical (unpaired) electrons. The van der Waals surface area contributed by atoms with Gasteiger partial charge in [0.25, 0.3) is 0 Å². The fraction of sp³-hybridized carbons (Fsp3) is 0.333. The number of rotatable bonds is 5. The molecule has 0 aliphatic carbocycles. The molecule has 1 aromatic carbocycles. The number of aliphatic hydroxyl groups excluding tert-OH is 1. The van der Waals surface area contributed by atoms with Crippen LogP contribution in [0.25, 0.3) is 0 Å². The largest absolute Gasteiger partial charge is 0.439 e. The second-order valence-electron chi connectivity index (χ2n) is 4.76. The molecule has 4 nitrogen and oxygen atoms in total. The average Bonchev–Trinajstić information content (AvgIpc) is 2.40. The fourth-order valence-corrected chi connectivity index (χ4v) is 1.88. The van der Waals surface area contributed by atoms with Gasteiger partial charge in [0.2, 0.25) is 5.88 Å². The van der Waals surface area contributed by atoms with Gasteiger partial charge in [-0.25, -0.2) is 4.98 Å². The summed E-state index contributed by atoms with van der Waals surface area (Å²) in [6, 6.07) is 9.11. The van der Waals surface area contributed by atoms with Gasteiger partial charge in [-0.1, -0.05) is 37.6 Å². The van der Waals surface area contributed by atoms with E-state index in [1.807, 2.05) is 38.1 Å². The molecule has 1 heterocycles. The summed E-state index contributed by atoms with van der Waals surface area (Å²) in [5, 5.41) is 9.25. The number of halogens is 1. The van der Waals surface area contributed by atoms with Crippen LogP contribution >= 0.6 is 11.6 Å². The zero-order chi connectivity index (χ0) is 14.5. The Labute approximate surface area is 123 Å². The highest BCUT2D eigenvalue weighted by Crippen LogP contribution is 2.24. The fourth-order valence-electron chi connectivity index (χ4n) is 1.70. The standard InChI is InChI=1S/C15H17ClN2O2/c1-10(2)15-17-13(16)9-14(18-15)20-12-5-3-11(4-6-12)7-8-19/h3-6,9-10,19H,7-8H2,1-2H3. The quantitative estimate of drug-likeness (QED) is 0.856. The van der Waals surface area contributed by atoms with Gasteiger partial charge in [-0.2, -0.15) is 4.98 Å². The molecule has 0 aliphatic rings. The van der Waals surface area contributed by atoms with Gasteiger partial charge in [0, 0.05) is 18.6 Å². The van der Waals surface area contributed by atoms with Crippen molar-refractivity contribution >= 4 is 11.6 Å². The minimum Gasteiger partial charge on any atom is -0.439 e. The molecule has 20 heavy (non-hydrogen) atoms. The zero-order valence-corrected chi connectivity index (χ0v) is 12.3. The van der Waals surface area contributed by atoms with Gasteiger partial charge >= 0.3 is 0 Å². The van der Waals surface area contributed by atoms with Crippen molar-refractivity contribution in [1.29, 1.82) is 0 Å². The maximum Gasteiger partial charge on any atom is 0.224 e. The van der Waals surface area contributed by atoms with Crippen molar-refractivity contribution in [2.45, 2.75) is 26.2 Å². The predicted octanol–water partition coefficient (Wildman–Crippen LogP) is 3.58. The number of ether oxygens (including phenoxy) is 1. The second-order valence-corrected chi connectivity index (χ2v) is 5.15. The molecule has 2 rings (SSSR count). The van der Waals surface area contributed by atoms with Gasteiger partial charge in [0.15, 0.2) is 0 Å². The SMILES string of the molecule is CC(C)c1nc(Cl)cc(Oc2ccc(CCO)cc2)n1. The zero-order valence-electron chi connectivity index (χ0n) is 11.5. The molecule has 2 aromatic rings. The Hall–Kier alpha value is -1.65. The summed E-state index contributed by atoms with van der Waals surface area (Å²) >= 11 is 5.97. The molecule has 0 spiro atoms. The van der Waals surface area contributed by atoms with Crippen molar-refractivity contribution in [1.82, 2.24) is 9.97 Å². The summed E-state index contributed by atoms with van der Waals surface area (Å²) in [6.07, 6.45) is 0.636. The van der Waals surface area contributed by atoms with Crippen LogP contribution in [0.5, 0.6) is 11.6 Å². The lowest BCUT2D eigenvalue weighted by Crippen LogP contribution is -1.99. The van der Waals surface area contributed by atoms with Crippen molar-refractivity contribution in [3.63, 3.8) is 0 Å². The van der Waals surface area contributed by atoms with Crippen LogP contribution in [-0.4, -0.2) is 21.7 Å². The van der Waals surface area contributed by atoms with E-state index in [-0.39, 0.29) is 12.5 Å². The first-order valence-electron chi connectivity index (χ1n) is 6.50. The van der Waals surface area contributed by atoms with Crippen molar-refractivity contribution < 1.29 is 9.84 Å². The van der Waals surface area contributed by atoms with E-state index >= 15 is 0 Å². The summed E-state index contributed by atoms with van der Waals surface area (Å²) in [4.78, 5) is 8.49. The Morgan fingerprint density at radius 3 is 2.50 bits per heavy atom. The van der Waals surface area contributed by atoms with E-state index in [0.717, 1.165) is 5.56 Å². The first kappa shape index (κ1) is 14.8. The van der Waals surface area contributed by atoms with Crippen LogP contribution in [-0.2, 0) is 6.42 Å². The Bertz CT molecular complexity index is 571. The summed E-state index contributed by atoms with van der Waals surface area (Å²) in [6.45, 7) is 4.14. The number of nitrogens with zero attached hydrogens (tertiary/aromatic N) is 2. The molecular formula is C15H17ClN2O2. The van der Waals surface area contributed by atoms with Crippen LogP contribution in [0, 0.1) is 0 Å². The molecule has 0 unspecified atom stereocenters. The van der Waals surface area contributed by atoms with Crippen LogP contribution in [0.2, 0.25) is 5.15 Å². The van der Waals surface area contributed by atoms with Crippen LogP contribution in [0.1, 0.15) is 31.2 Å². The van der Waals surface area contributed by atoms with E-state index in [0.29, 0.717) is 29.0 Å². The van der Waals surface area contributed by atoms with Crippen LogP contribution in [0.4, 0.5) is 0 Å². The molecule has 1 N–H and O–H groups in total. The molecule has 106 valence electrons. The monoisotopic (exact) mass is 292 g/mol. The van der Waals surface area contributed by atoms with E-state index < -0.39 is 0 Å². The first-order chi connectivity index (χ1) is 9.58. The van der Waals surface area contributed by atoms with Gasteiger partial charge in [-0.3, -0.25) is 0 Å². The summed E-state index contributed by atoms with van der Waals surface area (Å²) in [5.74, 6) is 1.95. The molecule has 5 heteroatoms. The van der Waals surface area contributed by atoms with Crippen LogP contribution in [0.3, 0.4) is 0 Å². The van der Waals surface area contributed by atoms with E-state index in [4.69, 9.17) is 21.4 Å². The Kier molecular flexibility index (Phi) is 4.93. The highest BCUT2D eigenvalue weighted by molar-refractivity contribution is 6.29. The summed E-state index contributed by atoms with van der Waals surface area (Å²) in [5.41, 5.74) is 1.06. The Balaban J connectivity index is 2.16. The highest BCUT2D eigenvalue weighted by Gasteiger charge is 2.08. The first-order valence-corrected chi connectivity index (χ1v) is 6.88. The van der Waals surface area contributed by atoms with Crippen molar-refractivity contribution in [3.05, 3.63) is 46.9 Å². The number of hydrogen-bond donors (Lipinski definition) is 1. The minimum absolute atomic E-state index is 0.138. The second kappa shape index (κ2) is 6.68. The molecule has 0 aliphatic heterocycles. The maximum atomic E-state index is 8.87. The highest BCUT2D eigenvalue weighted by atomic mass is 35.5. The van der Waals surface area contributed by atoms with E-state index in [1.165, 1.54) is 0 Å². The lowest BCUT2D eigenvalue weighted by Gasteiger charge is -2.09. The minimum atomic E-state index is 0.138. The lowest BCUT2D eigenvalue weighted by molar-refractivity contribution is 0.299. The lowest BCUT2D eigenvalue weighted by atomic mass is 10.1.